The van der Waals surface area contributed by atoms with Crippen LogP contribution in [0.3, 0.4) is 0 Å². The molecule has 4 aliphatic carbocycles. The Morgan fingerprint density at radius 3 is 2.38 bits per heavy atom. The molecule has 1 N–H and O–H groups in total. The Balaban J connectivity index is 1.45. The molecule has 1 heteroatoms. The van der Waals surface area contributed by atoms with Gasteiger partial charge < -0.3 is 5.32 Å². The van der Waals surface area contributed by atoms with Gasteiger partial charge in [0.05, 0.1) is 0 Å². The van der Waals surface area contributed by atoms with Crippen molar-refractivity contribution in [3.63, 3.8) is 0 Å². The molecule has 0 saturated heterocycles. The van der Waals surface area contributed by atoms with Gasteiger partial charge in [-0.1, -0.05) is 33.1 Å². The van der Waals surface area contributed by atoms with Crippen LogP contribution in [0.4, 0.5) is 0 Å². The molecule has 7 unspecified atom stereocenters. The molecular weight excluding hydrogens is 254 g/mol. The quantitative estimate of drug-likeness (QED) is 0.736. The molecule has 0 aromatic rings. The van der Waals surface area contributed by atoms with Gasteiger partial charge in [0.1, 0.15) is 0 Å². The summed E-state index contributed by atoms with van der Waals surface area (Å²) in [7, 11) is 0. The second-order valence-electron chi connectivity index (χ2n) is 8.75. The third-order valence-corrected chi connectivity index (χ3v) is 7.75. The first-order valence-electron chi connectivity index (χ1n) is 10.1. The van der Waals surface area contributed by atoms with Gasteiger partial charge in [0.15, 0.2) is 0 Å². The van der Waals surface area contributed by atoms with Crippen molar-refractivity contribution in [1.82, 2.24) is 5.32 Å². The minimum atomic E-state index is 0.887. The van der Waals surface area contributed by atoms with Crippen molar-refractivity contribution < 1.29 is 0 Å². The molecule has 4 saturated carbocycles. The lowest BCUT2D eigenvalue weighted by Gasteiger charge is -2.36. The van der Waals surface area contributed by atoms with E-state index in [9.17, 15) is 0 Å². The Hall–Kier alpha value is -0.0400. The highest BCUT2D eigenvalue weighted by Crippen LogP contribution is 2.71. The highest BCUT2D eigenvalue weighted by molar-refractivity contribution is 5.16. The van der Waals surface area contributed by atoms with Crippen molar-refractivity contribution in [1.29, 1.82) is 0 Å². The van der Waals surface area contributed by atoms with E-state index in [2.05, 4.69) is 19.2 Å². The summed E-state index contributed by atoms with van der Waals surface area (Å²) in [6.45, 7) is 5.99. The first-order valence-corrected chi connectivity index (χ1v) is 10.1. The third kappa shape index (κ3) is 2.48. The van der Waals surface area contributed by atoms with E-state index in [4.69, 9.17) is 0 Å². The summed E-state index contributed by atoms with van der Waals surface area (Å²) in [6, 6.07) is 0.887. The number of fused-ring (bicyclic) bond motifs is 5. The van der Waals surface area contributed by atoms with Crippen molar-refractivity contribution in [3.05, 3.63) is 0 Å². The second kappa shape index (κ2) is 5.87. The van der Waals surface area contributed by atoms with Gasteiger partial charge in [0.2, 0.25) is 0 Å². The van der Waals surface area contributed by atoms with Crippen LogP contribution in [-0.2, 0) is 0 Å². The smallest absolute Gasteiger partial charge is 0.0129 e. The van der Waals surface area contributed by atoms with Gasteiger partial charge in [-0.3, -0.25) is 0 Å². The fraction of sp³-hybridized carbons (Fsp3) is 1.00. The highest BCUT2D eigenvalue weighted by Gasteiger charge is 2.67. The van der Waals surface area contributed by atoms with E-state index in [-0.39, 0.29) is 0 Å². The van der Waals surface area contributed by atoms with Gasteiger partial charge in [-0.05, 0) is 86.5 Å². The van der Waals surface area contributed by atoms with Crippen molar-refractivity contribution in [2.75, 3.05) is 6.54 Å². The lowest BCUT2D eigenvalue weighted by Crippen LogP contribution is -2.42. The van der Waals surface area contributed by atoms with Gasteiger partial charge in [0, 0.05) is 6.04 Å². The molecule has 0 amide bonds. The fourth-order valence-electron chi connectivity index (χ4n) is 6.83. The van der Waals surface area contributed by atoms with E-state index in [1.165, 1.54) is 45.1 Å². The third-order valence-electron chi connectivity index (χ3n) is 7.75. The van der Waals surface area contributed by atoms with E-state index in [0.717, 1.165) is 47.5 Å². The van der Waals surface area contributed by atoms with Crippen LogP contribution >= 0.6 is 0 Å². The van der Waals surface area contributed by atoms with E-state index in [1.54, 1.807) is 19.3 Å². The fourth-order valence-corrected chi connectivity index (χ4v) is 6.83. The lowest BCUT2D eigenvalue weighted by atomic mass is 9.74. The largest absolute Gasteiger partial charge is 0.313 e. The number of hydrogen-bond acceptors (Lipinski definition) is 1. The standard InChI is InChI=1S/C20H35N/c1-3-10-21-20(16-7-5-6-13(4-2)11-16)19-17-14-8-9-15(12-14)18(17)19/h13-21H,3-12H2,1-2H3. The summed E-state index contributed by atoms with van der Waals surface area (Å²) >= 11 is 0. The van der Waals surface area contributed by atoms with E-state index < -0.39 is 0 Å². The summed E-state index contributed by atoms with van der Waals surface area (Å²) in [5.41, 5.74) is 0. The SMILES string of the molecule is CCCNC(C1CCCC(CC)C1)C1C2C3CCC(C3)C21. The summed E-state index contributed by atoms with van der Waals surface area (Å²) in [5.74, 6) is 7.71. The highest BCUT2D eigenvalue weighted by atomic mass is 15.0. The van der Waals surface area contributed by atoms with Crippen LogP contribution in [0.2, 0.25) is 0 Å². The van der Waals surface area contributed by atoms with Crippen LogP contribution in [-0.4, -0.2) is 12.6 Å². The van der Waals surface area contributed by atoms with Gasteiger partial charge >= 0.3 is 0 Å². The molecule has 1 nitrogen and oxygen atoms in total. The van der Waals surface area contributed by atoms with Gasteiger partial charge in [-0.2, -0.15) is 0 Å². The molecule has 120 valence electrons. The maximum atomic E-state index is 4.04. The van der Waals surface area contributed by atoms with Crippen molar-refractivity contribution in [3.8, 4) is 0 Å². The number of nitrogens with one attached hydrogen (secondary N) is 1. The van der Waals surface area contributed by atoms with Crippen LogP contribution in [0.5, 0.6) is 0 Å². The molecule has 21 heavy (non-hydrogen) atoms. The van der Waals surface area contributed by atoms with Gasteiger partial charge in [-0.25, -0.2) is 0 Å². The first-order chi connectivity index (χ1) is 10.3. The van der Waals surface area contributed by atoms with Gasteiger partial charge in [0.25, 0.3) is 0 Å². The number of rotatable bonds is 6. The van der Waals surface area contributed by atoms with Gasteiger partial charge in [-0.15, -0.1) is 0 Å². The molecule has 0 aliphatic heterocycles. The molecule has 2 bridgehead atoms. The predicted octanol–water partition coefficient (Wildman–Crippen LogP) is 4.86. The zero-order valence-corrected chi connectivity index (χ0v) is 14.2. The van der Waals surface area contributed by atoms with Crippen LogP contribution < -0.4 is 5.32 Å². The Bertz CT molecular complexity index is 349. The summed E-state index contributed by atoms with van der Waals surface area (Å²) in [4.78, 5) is 0. The second-order valence-corrected chi connectivity index (χ2v) is 8.75. The molecule has 4 fully saturated rings. The Kier molecular flexibility index (Phi) is 4.07. The zero-order valence-electron chi connectivity index (χ0n) is 14.2. The average Bonchev–Trinajstić information content (AvgIpc) is 2.93. The lowest BCUT2D eigenvalue weighted by molar-refractivity contribution is 0.179. The maximum absolute atomic E-state index is 4.04. The van der Waals surface area contributed by atoms with Crippen molar-refractivity contribution in [2.24, 2.45) is 41.4 Å². The van der Waals surface area contributed by atoms with Crippen LogP contribution in [0, 0.1) is 41.4 Å². The Morgan fingerprint density at radius 1 is 0.952 bits per heavy atom. The zero-order chi connectivity index (χ0) is 14.4. The average molecular weight is 290 g/mol. The summed E-state index contributed by atoms with van der Waals surface area (Å²) in [6.07, 6.45) is 13.5. The maximum Gasteiger partial charge on any atom is 0.0129 e. The topological polar surface area (TPSA) is 12.0 Å². The van der Waals surface area contributed by atoms with E-state index in [0.29, 0.717) is 0 Å². The molecule has 0 spiro atoms. The van der Waals surface area contributed by atoms with Crippen molar-refractivity contribution in [2.45, 2.75) is 77.7 Å². The Labute approximate surface area is 131 Å². The summed E-state index contributed by atoms with van der Waals surface area (Å²) < 4.78 is 0. The first kappa shape index (κ1) is 14.5. The number of hydrogen-bond donors (Lipinski definition) is 1. The van der Waals surface area contributed by atoms with Crippen LogP contribution in [0.15, 0.2) is 0 Å². The minimum absolute atomic E-state index is 0.887. The molecule has 7 atom stereocenters. The minimum Gasteiger partial charge on any atom is -0.313 e. The van der Waals surface area contributed by atoms with E-state index >= 15 is 0 Å². The normalized spacial score (nSPS) is 49.1. The molecule has 0 heterocycles. The monoisotopic (exact) mass is 289 g/mol. The Morgan fingerprint density at radius 2 is 1.71 bits per heavy atom. The molecule has 4 aliphatic rings. The van der Waals surface area contributed by atoms with E-state index in [1.807, 2.05) is 0 Å². The van der Waals surface area contributed by atoms with Crippen molar-refractivity contribution >= 4 is 0 Å². The molecule has 0 aromatic carbocycles. The van der Waals surface area contributed by atoms with Crippen LogP contribution in [0.25, 0.3) is 0 Å². The molecule has 4 rings (SSSR count). The van der Waals surface area contributed by atoms with Crippen LogP contribution in [0.1, 0.15) is 71.6 Å². The molecule has 0 radical (unpaired) electrons. The predicted molar refractivity (Wildman–Crippen MR) is 89.1 cm³/mol. The summed E-state index contributed by atoms with van der Waals surface area (Å²) in [5, 5.41) is 4.04. The molecular formula is C20H35N. The molecule has 0 aromatic heterocycles.